The molecular weight excluding hydrogens is 918 g/mol. The Morgan fingerprint density at radius 2 is 1.14 bits per heavy atom. The Hall–Kier alpha value is -3.70. The number of nitrogens with two attached hydrogens (primary N) is 2. The van der Waals surface area contributed by atoms with E-state index in [1.165, 1.54) is 17.2 Å². The molecular formula is C48H58BBrCl2N6O6. The van der Waals surface area contributed by atoms with Gasteiger partial charge < -0.3 is 31.0 Å². The van der Waals surface area contributed by atoms with Gasteiger partial charge in [0.25, 0.3) is 0 Å². The minimum atomic E-state index is -1.44. The second kappa shape index (κ2) is 18.2. The smallest absolute Gasteiger partial charge is 0.423 e. The molecule has 64 heavy (non-hydrogen) atoms. The van der Waals surface area contributed by atoms with E-state index in [0.29, 0.717) is 34.6 Å². The number of aryl methyl sites for hydroxylation is 2. The maximum Gasteiger partial charge on any atom is 0.488 e. The summed E-state index contributed by atoms with van der Waals surface area (Å²) in [4.78, 5) is 22.6. The number of hydrogen-bond acceptors (Lipinski definition) is 12. The van der Waals surface area contributed by atoms with E-state index < -0.39 is 18.6 Å². The molecule has 2 atom stereocenters. The predicted molar refractivity (Wildman–Crippen MR) is 257 cm³/mol. The molecule has 0 amide bonds. The Balaban J connectivity index is 0.000000145. The summed E-state index contributed by atoms with van der Waals surface area (Å²) in [5, 5.41) is 22.0. The van der Waals surface area contributed by atoms with E-state index in [4.69, 9.17) is 73.9 Å². The molecule has 4 aromatic rings. The van der Waals surface area contributed by atoms with Crippen LogP contribution in [0.2, 0.25) is 10.0 Å². The van der Waals surface area contributed by atoms with Crippen LogP contribution in [0, 0.1) is 24.7 Å². The summed E-state index contributed by atoms with van der Waals surface area (Å²) in [6.07, 6.45) is 10.7. The van der Waals surface area contributed by atoms with E-state index in [0.717, 1.165) is 107 Å². The van der Waals surface area contributed by atoms with Crippen LogP contribution in [0.4, 0.5) is 0 Å². The topological polar surface area (TPSA) is 161 Å². The summed E-state index contributed by atoms with van der Waals surface area (Å²) in [5.74, 6) is 0.881. The Morgan fingerprint density at radius 1 is 0.672 bits per heavy atom. The maximum absolute atomic E-state index is 8.77. The van der Waals surface area contributed by atoms with Gasteiger partial charge in [-0.1, -0.05) is 69.5 Å². The summed E-state index contributed by atoms with van der Waals surface area (Å²) in [7, 11) is 5.83. The van der Waals surface area contributed by atoms with Crippen LogP contribution in [0.1, 0.15) is 84.7 Å². The van der Waals surface area contributed by atoms with Gasteiger partial charge in [-0.2, -0.15) is 0 Å². The van der Waals surface area contributed by atoms with Crippen LogP contribution in [0.3, 0.4) is 0 Å². The SMILES string of the molecule is COC1CCC2(CC1)Cc1ccc(-c3cc(C)cc(Cl)c3)cc1C21N=C(N)N(C)O1.COC1CCC2(CC1)Cc1ccc(Br)cc1C21N=C(N)N(C)O1.Cc1cc(Cl)cc(B(O)O)c1. The van der Waals surface area contributed by atoms with Crippen molar-refractivity contribution in [1.82, 2.24) is 10.1 Å². The van der Waals surface area contributed by atoms with E-state index in [2.05, 4.69) is 65.3 Å². The second-order valence-electron chi connectivity index (χ2n) is 18.3. The molecule has 0 radical (unpaired) electrons. The molecule has 2 aliphatic heterocycles. The molecule has 340 valence electrons. The fraction of sp³-hybridized carbons (Fsp3) is 0.458. The third-order valence-corrected chi connectivity index (χ3v) is 15.2. The number of benzene rings is 4. The number of aliphatic imine (C=N–C) groups is 2. The first-order chi connectivity index (χ1) is 30.4. The van der Waals surface area contributed by atoms with Gasteiger partial charge in [0.05, 0.1) is 12.2 Å². The molecule has 0 aromatic heterocycles. The van der Waals surface area contributed by atoms with Crippen LogP contribution in [0.15, 0.2) is 87.3 Å². The number of rotatable bonds is 4. The van der Waals surface area contributed by atoms with Gasteiger partial charge in [-0.25, -0.2) is 29.8 Å². The lowest BCUT2D eigenvalue weighted by molar-refractivity contribution is -0.232. The van der Waals surface area contributed by atoms with Gasteiger partial charge in [0.15, 0.2) is 0 Å². The lowest BCUT2D eigenvalue weighted by Crippen LogP contribution is -2.46. The Kier molecular flexibility index (Phi) is 13.3. The van der Waals surface area contributed by atoms with Gasteiger partial charge in [0, 0.05) is 64.8 Å². The molecule has 0 bridgehead atoms. The van der Waals surface area contributed by atoms with Gasteiger partial charge in [-0.15, -0.1) is 0 Å². The standard InChI is InChI=1S/C24H28ClN3O2.C17H22BrN3O2.C7H8BClO2/c1-15-10-18(12-19(25)11-15)16-4-5-17-14-23(8-6-20(29-3)7-9-23)24(21(17)13-16)27-22(26)28(2)30-24;1-21-15(19)20-17(23-21)14-9-12(18)4-3-11(14)10-16(17)7-5-13(22-2)6-8-16;1-5-2-6(8(10)11)4-7(9)3-5/h4-5,10-13,20H,6-9,14H2,1-3H3,(H2,26,27);3-4,9,13H,5-8,10H2,1-2H3,(H2,19,20);2-4,10-11H,1H3. The normalized spacial score (nSPS) is 28.7. The lowest BCUT2D eigenvalue weighted by Gasteiger charge is -2.45. The van der Waals surface area contributed by atoms with Crippen molar-refractivity contribution in [3.63, 3.8) is 0 Å². The van der Waals surface area contributed by atoms with E-state index >= 15 is 0 Å². The first kappa shape index (κ1) is 46.8. The Labute approximate surface area is 395 Å². The van der Waals surface area contributed by atoms with Crippen LogP contribution in [-0.2, 0) is 43.4 Å². The second-order valence-corrected chi connectivity index (χ2v) is 20.1. The van der Waals surface area contributed by atoms with Crippen molar-refractivity contribution in [3.05, 3.63) is 121 Å². The summed E-state index contributed by atoms with van der Waals surface area (Å²) in [6, 6.07) is 24.2. The Morgan fingerprint density at radius 3 is 1.58 bits per heavy atom. The highest BCUT2D eigenvalue weighted by atomic mass is 79.9. The molecule has 2 unspecified atom stereocenters. The number of guanidine groups is 2. The van der Waals surface area contributed by atoms with Gasteiger partial charge in [-0.3, -0.25) is 0 Å². The fourth-order valence-corrected chi connectivity index (χ4v) is 12.0. The molecule has 2 saturated carbocycles. The molecule has 0 saturated heterocycles. The monoisotopic (exact) mass is 974 g/mol. The highest BCUT2D eigenvalue weighted by molar-refractivity contribution is 9.10. The van der Waals surface area contributed by atoms with Crippen LogP contribution in [-0.4, -0.2) is 79.7 Å². The van der Waals surface area contributed by atoms with E-state index in [-0.39, 0.29) is 10.8 Å². The van der Waals surface area contributed by atoms with Crippen molar-refractivity contribution in [2.45, 2.75) is 102 Å². The van der Waals surface area contributed by atoms with E-state index in [9.17, 15) is 0 Å². The first-order valence-corrected chi connectivity index (χ1v) is 23.4. The molecule has 6 aliphatic rings. The number of hydrogen-bond donors (Lipinski definition) is 4. The van der Waals surface area contributed by atoms with Crippen molar-refractivity contribution in [2.75, 3.05) is 28.3 Å². The quantitative estimate of drug-likeness (QED) is 0.148. The predicted octanol–water partition coefficient (Wildman–Crippen LogP) is 8.04. The van der Waals surface area contributed by atoms with Gasteiger partial charge in [0.1, 0.15) is 0 Å². The molecule has 4 aliphatic carbocycles. The fourth-order valence-electron chi connectivity index (χ4n) is 11.0. The average molecular weight is 977 g/mol. The summed E-state index contributed by atoms with van der Waals surface area (Å²) in [5.41, 5.74) is 20.3. The van der Waals surface area contributed by atoms with E-state index in [1.807, 2.05) is 33.2 Å². The van der Waals surface area contributed by atoms with Crippen LogP contribution >= 0.6 is 39.1 Å². The number of nitrogens with zero attached hydrogens (tertiary/aromatic N) is 4. The van der Waals surface area contributed by atoms with Crippen LogP contribution < -0.4 is 16.9 Å². The maximum atomic E-state index is 8.77. The zero-order valence-corrected chi connectivity index (χ0v) is 40.4. The minimum absolute atomic E-state index is 0.0411. The minimum Gasteiger partial charge on any atom is -0.423 e. The molecule has 4 aromatic carbocycles. The third kappa shape index (κ3) is 8.48. The number of hydroxylamine groups is 4. The molecule has 16 heteroatoms. The summed E-state index contributed by atoms with van der Waals surface area (Å²) >= 11 is 15.6. The van der Waals surface area contributed by atoms with Gasteiger partial charge >= 0.3 is 7.12 Å². The molecule has 10 rings (SSSR count). The van der Waals surface area contributed by atoms with Crippen molar-refractivity contribution < 1.29 is 29.2 Å². The highest BCUT2D eigenvalue weighted by Crippen LogP contribution is 2.63. The van der Waals surface area contributed by atoms with Crippen molar-refractivity contribution in [3.8, 4) is 11.1 Å². The molecule has 12 nitrogen and oxygen atoms in total. The van der Waals surface area contributed by atoms with Crippen molar-refractivity contribution >= 4 is 63.6 Å². The van der Waals surface area contributed by atoms with Gasteiger partial charge in [0.2, 0.25) is 23.4 Å². The molecule has 4 spiro atoms. The molecule has 2 heterocycles. The number of ether oxygens (including phenoxy) is 2. The molecule has 6 N–H and O–H groups in total. The zero-order chi connectivity index (χ0) is 45.8. The summed E-state index contributed by atoms with van der Waals surface area (Å²) < 4.78 is 12.2. The highest BCUT2D eigenvalue weighted by Gasteiger charge is 2.64. The summed E-state index contributed by atoms with van der Waals surface area (Å²) in [6.45, 7) is 3.91. The number of fused-ring (bicyclic) bond motifs is 6. The molecule has 2 fully saturated rings. The average Bonchev–Trinajstić information content (AvgIpc) is 3.91. The Bertz CT molecular complexity index is 2420. The lowest BCUT2D eigenvalue weighted by atomic mass is 9.66. The van der Waals surface area contributed by atoms with Gasteiger partial charge in [-0.05, 0) is 159 Å². The largest absolute Gasteiger partial charge is 0.488 e. The first-order valence-electron chi connectivity index (χ1n) is 21.9. The van der Waals surface area contributed by atoms with Crippen molar-refractivity contribution in [2.24, 2.45) is 32.3 Å². The number of halogens is 3. The zero-order valence-electron chi connectivity index (χ0n) is 37.3. The van der Waals surface area contributed by atoms with Crippen molar-refractivity contribution in [1.29, 1.82) is 0 Å². The van der Waals surface area contributed by atoms with E-state index in [1.54, 1.807) is 36.5 Å². The third-order valence-electron chi connectivity index (χ3n) is 14.3. The van der Waals surface area contributed by atoms with Crippen LogP contribution in [0.5, 0.6) is 0 Å². The number of methoxy groups -OCH3 is 2. The van der Waals surface area contributed by atoms with Crippen LogP contribution in [0.25, 0.3) is 11.1 Å².